The maximum absolute atomic E-state index is 6.48. The SMILES string of the molecule is CCOc1cc(CNCCCOC)cc(Cl)c1OCc1cccc(C)c1. The van der Waals surface area contributed by atoms with Crippen LogP contribution in [0.25, 0.3) is 0 Å². The minimum absolute atomic E-state index is 0.454. The highest BCUT2D eigenvalue weighted by atomic mass is 35.5. The fourth-order valence-electron chi connectivity index (χ4n) is 2.66. The Morgan fingerprint density at radius 3 is 2.65 bits per heavy atom. The number of rotatable bonds is 11. The van der Waals surface area contributed by atoms with E-state index in [1.807, 2.05) is 31.2 Å². The van der Waals surface area contributed by atoms with Gasteiger partial charge in [0, 0.05) is 20.3 Å². The first-order chi connectivity index (χ1) is 12.6. The van der Waals surface area contributed by atoms with Crippen LogP contribution in [0.15, 0.2) is 36.4 Å². The van der Waals surface area contributed by atoms with Crippen molar-refractivity contribution in [1.82, 2.24) is 5.32 Å². The standard InChI is InChI=1S/C21H28ClNO3/c1-4-25-20-13-18(14-23-9-6-10-24-3)12-19(22)21(20)26-15-17-8-5-7-16(2)11-17/h5,7-8,11-13,23H,4,6,9-10,14-15H2,1-3H3. The number of benzene rings is 2. The number of halogens is 1. The monoisotopic (exact) mass is 377 g/mol. The van der Waals surface area contributed by atoms with E-state index in [9.17, 15) is 0 Å². The van der Waals surface area contributed by atoms with E-state index >= 15 is 0 Å². The molecule has 2 aromatic carbocycles. The summed E-state index contributed by atoms with van der Waals surface area (Å²) in [6, 6.07) is 12.2. The number of methoxy groups -OCH3 is 1. The van der Waals surface area contributed by atoms with Gasteiger partial charge in [-0.15, -0.1) is 0 Å². The third kappa shape index (κ3) is 6.52. The Hall–Kier alpha value is -1.75. The van der Waals surface area contributed by atoms with Gasteiger partial charge in [0.2, 0.25) is 0 Å². The maximum Gasteiger partial charge on any atom is 0.180 e. The lowest BCUT2D eigenvalue weighted by Gasteiger charge is -2.16. The minimum Gasteiger partial charge on any atom is -0.490 e. The van der Waals surface area contributed by atoms with Crippen LogP contribution >= 0.6 is 11.6 Å². The van der Waals surface area contributed by atoms with Crippen molar-refractivity contribution in [2.24, 2.45) is 0 Å². The summed E-state index contributed by atoms with van der Waals surface area (Å²) in [5, 5.41) is 3.95. The molecule has 0 aromatic heterocycles. The summed E-state index contributed by atoms with van der Waals surface area (Å²) in [4.78, 5) is 0. The highest BCUT2D eigenvalue weighted by Gasteiger charge is 2.13. The Balaban J connectivity index is 2.05. The Bertz CT molecular complexity index is 691. The summed E-state index contributed by atoms with van der Waals surface area (Å²) in [6.45, 7) is 7.40. The highest BCUT2D eigenvalue weighted by Crippen LogP contribution is 2.37. The molecule has 0 aliphatic heterocycles. The first kappa shape index (κ1) is 20.6. The maximum atomic E-state index is 6.48. The molecule has 0 fully saturated rings. The van der Waals surface area contributed by atoms with E-state index in [0.717, 1.165) is 37.2 Å². The van der Waals surface area contributed by atoms with Crippen LogP contribution in [0, 0.1) is 6.92 Å². The average molecular weight is 378 g/mol. The van der Waals surface area contributed by atoms with Crippen LogP contribution in [-0.2, 0) is 17.9 Å². The lowest BCUT2D eigenvalue weighted by molar-refractivity contribution is 0.194. The van der Waals surface area contributed by atoms with Crippen LogP contribution in [-0.4, -0.2) is 26.9 Å². The molecule has 2 rings (SSSR count). The molecule has 0 unspecified atom stereocenters. The van der Waals surface area contributed by atoms with E-state index in [1.165, 1.54) is 5.56 Å². The normalized spacial score (nSPS) is 10.8. The van der Waals surface area contributed by atoms with Crippen molar-refractivity contribution < 1.29 is 14.2 Å². The van der Waals surface area contributed by atoms with E-state index in [-0.39, 0.29) is 0 Å². The number of hydrogen-bond donors (Lipinski definition) is 1. The zero-order valence-electron chi connectivity index (χ0n) is 15.8. The molecule has 0 radical (unpaired) electrons. The Morgan fingerprint density at radius 2 is 1.92 bits per heavy atom. The lowest BCUT2D eigenvalue weighted by Crippen LogP contribution is -2.16. The third-order valence-electron chi connectivity index (χ3n) is 3.87. The lowest BCUT2D eigenvalue weighted by atomic mass is 10.1. The van der Waals surface area contributed by atoms with Crippen molar-refractivity contribution in [2.45, 2.75) is 33.4 Å². The quantitative estimate of drug-likeness (QED) is 0.573. The average Bonchev–Trinajstić information content (AvgIpc) is 2.61. The van der Waals surface area contributed by atoms with Gasteiger partial charge in [0.05, 0.1) is 11.6 Å². The van der Waals surface area contributed by atoms with Crippen molar-refractivity contribution >= 4 is 11.6 Å². The zero-order chi connectivity index (χ0) is 18.8. The first-order valence-electron chi connectivity index (χ1n) is 8.97. The second kappa shape index (κ2) is 11.1. The van der Waals surface area contributed by atoms with Gasteiger partial charge < -0.3 is 19.5 Å². The fraction of sp³-hybridized carbons (Fsp3) is 0.429. The predicted octanol–water partition coefficient (Wildman–Crippen LogP) is 4.75. The number of hydrogen-bond acceptors (Lipinski definition) is 4. The second-order valence-electron chi connectivity index (χ2n) is 6.14. The molecule has 0 spiro atoms. The second-order valence-corrected chi connectivity index (χ2v) is 6.55. The largest absolute Gasteiger partial charge is 0.490 e. The van der Waals surface area contributed by atoms with Gasteiger partial charge >= 0.3 is 0 Å². The Kier molecular flexibility index (Phi) is 8.75. The number of aryl methyl sites for hydroxylation is 1. The van der Waals surface area contributed by atoms with Gasteiger partial charge in [0.1, 0.15) is 6.61 Å². The molecule has 4 nitrogen and oxygen atoms in total. The van der Waals surface area contributed by atoms with Crippen LogP contribution in [0.5, 0.6) is 11.5 Å². The molecular weight excluding hydrogens is 350 g/mol. The molecule has 0 aliphatic rings. The van der Waals surface area contributed by atoms with Gasteiger partial charge in [-0.3, -0.25) is 0 Å². The molecular formula is C21H28ClNO3. The van der Waals surface area contributed by atoms with Gasteiger partial charge in [-0.05, 0) is 50.1 Å². The zero-order valence-corrected chi connectivity index (χ0v) is 16.6. The summed E-state index contributed by atoms with van der Waals surface area (Å²) >= 11 is 6.48. The molecule has 0 aliphatic carbocycles. The fourth-order valence-corrected chi connectivity index (χ4v) is 2.95. The van der Waals surface area contributed by atoms with E-state index in [4.69, 9.17) is 25.8 Å². The van der Waals surface area contributed by atoms with Crippen molar-refractivity contribution in [2.75, 3.05) is 26.9 Å². The van der Waals surface area contributed by atoms with Crippen molar-refractivity contribution in [3.63, 3.8) is 0 Å². The molecule has 1 N–H and O–H groups in total. The summed E-state index contributed by atoms with van der Waals surface area (Å²) in [5.74, 6) is 1.28. The van der Waals surface area contributed by atoms with Crippen molar-refractivity contribution in [3.05, 3.63) is 58.1 Å². The number of ether oxygens (including phenoxy) is 3. The first-order valence-corrected chi connectivity index (χ1v) is 9.35. The van der Waals surface area contributed by atoms with E-state index in [1.54, 1.807) is 7.11 Å². The molecule has 2 aromatic rings. The third-order valence-corrected chi connectivity index (χ3v) is 4.15. The smallest absolute Gasteiger partial charge is 0.180 e. The van der Waals surface area contributed by atoms with Crippen LogP contribution in [0.3, 0.4) is 0 Å². The number of nitrogens with one attached hydrogen (secondary N) is 1. The van der Waals surface area contributed by atoms with Crippen LogP contribution in [0.4, 0.5) is 0 Å². The van der Waals surface area contributed by atoms with Gasteiger partial charge in [0.25, 0.3) is 0 Å². The van der Waals surface area contributed by atoms with Crippen LogP contribution < -0.4 is 14.8 Å². The molecule has 26 heavy (non-hydrogen) atoms. The molecule has 0 saturated carbocycles. The van der Waals surface area contributed by atoms with Crippen LogP contribution in [0.1, 0.15) is 30.0 Å². The molecule has 0 heterocycles. The molecule has 0 amide bonds. The topological polar surface area (TPSA) is 39.7 Å². The van der Waals surface area contributed by atoms with Crippen molar-refractivity contribution in [3.8, 4) is 11.5 Å². The van der Waals surface area contributed by atoms with E-state index in [0.29, 0.717) is 29.7 Å². The summed E-state index contributed by atoms with van der Waals surface area (Å²) in [6.07, 6.45) is 0.972. The summed E-state index contributed by atoms with van der Waals surface area (Å²) < 4.78 is 16.8. The predicted molar refractivity (Wildman–Crippen MR) is 106 cm³/mol. The molecule has 142 valence electrons. The molecule has 0 atom stereocenters. The van der Waals surface area contributed by atoms with Gasteiger partial charge in [-0.2, -0.15) is 0 Å². The Morgan fingerprint density at radius 1 is 1.08 bits per heavy atom. The Labute approximate surface area is 161 Å². The molecule has 5 heteroatoms. The van der Waals surface area contributed by atoms with E-state index in [2.05, 4.69) is 24.4 Å². The summed E-state index contributed by atoms with van der Waals surface area (Å²) in [7, 11) is 1.71. The van der Waals surface area contributed by atoms with Crippen molar-refractivity contribution in [1.29, 1.82) is 0 Å². The van der Waals surface area contributed by atoms with E-state index < -0.39 is 0 Å². The molecule has 0 bridgehead atoms. The van der Waals surface area contributed by atoms with Gasteiger partial charge in [-0.25, -0.2) is 0 Å². The van der Waals surface area contributed by atoms with Gasteiger partial charge in [-0.1, -0.05) is 41.4 Å². The van der Waals surface area contributed by atoms with Crippen LogP contribution in [0.2, 0.25) is 5.02 Å². The minimum atomic E-state index is 0.454. The van der Waals surface area contributed by atoms with Gasteiger partial charge in [0.15, 0.2) is 11.5 Å². The molecule has 0 saturated heterocycles. The highest BCUT2D eigenvalue weighted by molar-refractivity contribution is 6.32. The summed E-state index contributed by atoms with van der Waals surface area (Å²) in [5.41, 5.74) is 3.38.